The van der Waals surface area contributed by atoms with E-state index in [2.05, 4.69) is 12.2 Å². The third-order valence-corrected chi connectivity index (χ3v) is 6.90. The molecule has 0 saturated carbocycles. The normalized spacial score (nSPS) is 15.0. The summed E-state index contributed by atoms with van der Waals surface area (Å²) in [5.41, 5.74) is 3.08. The second-order valence-corrected chi connectivity index (χ2v) is 10.2. The Hall–Kier alpha value is -2.97. The second-order valence-electron chi connectivity index (χ2n) is 8.84. The van der Waals surface area contributed by atoms with E-state index in [0.717, 1.165) is 29.7 Å². The number of allylic oxidation sites excluding steroid dienone is 1. The van der Waals surface area contributed by atoms with Gasteiger partial charge in [-0.15, -0.1) is 5.10 Å². The Kier molecular flexibility index (Phi) is 8.59. The summed E-state index contributed by atoms with van der Waals surface area (Å²) < 4.78 is 13.3. The molecule has 0 aliphatic carbocycles. The number of anilines is 1. The van der Waals surface area contributed by atoms with Crippen molar-refractivity contribution in [3.05, 3.63) is 76.0 Å². The van der Waals surface area contributed by atoms with Crippen LogP contribution >= 0.6 is 23.4 Å². The van der Waals surface area contributed by atoms with Crippen LogP contribution in [-0.2, 0) is 15.3 Å². The highest BCUT2D eigenvalue weighted by Gasteiger charge is 2.35. The summed E-state index contributed by atoms with van der Waals surface area (Å²) in [4.78, 5) is 18.0. The summed E-state index contributed by atoms with van der Waals surface area (Å²) in [6.07, 6.45) is 1.78. The Labute approximate surface area is 221 Å². The fourth-order valence-corrected chi connectivity index (χ4v) is 5.05. The summed E-state index contributed by atoms with van der Waals surface area (Å²) in [6.45, 7) is 8.27. The molecule has 1 atom stereocenters. The van der Waals surface area contributed by atoms with E-state index in [1.165, 1.54) is 11.8 Å². The number of unbranched alkanes of at least 4 members (excludes halogenated alkanes) is 1. The summed E-state index contributed by atoms with van der Waals surface area (Å²) in [7, 11) is 0. The molecule has 7 nitrogen and oxygen atoms in total. The predicted octanol–water partition coefficient (Wildman–Crippen LogP) is 6.64. The Balaban J connectivity index is 1.69. The number of ether oxygens (including phenoxy) is 2. The zero-order valence-corrected chi connectivity index (χ0v) is 22.5. The molecule has 0 spiro atoms. The van der Waals surface area contributed by atoms with E-state index in [4.69, 9.17) is 31.2 Å². The van der Waals surface area contributed by atoms with Gasteiger partial charge in [-0.05, 0) is 56.5 Å². The van der Waals surface area contributed by atoms with Crippen molar-refractivity contribution in [3.8, 4) is 5.75 Å². The van der Waals surface area contributed by atoms with E-state index >= 15 is 0 Å². The number of esters is 1. The first-order valence-electron chi connectivity index (χ1n) is 12.1. The first-order chi connectivity index (χ1) is 17.4. The molecule has 1 unspecified atom stereocenters. The Bertz CT molecular complexity index is 1260. The molecule has 36 heavy (non-hydrogen) atoms. The van der Waals surface area contributed by atoms with Gasteiger partial charge in [0.05, 0.1) is 18.3 Å². The standard InChI is InChI=1S/C27H31ClN4O3S/c1-5-6-14-34-25(33)23-18(4)29-26-30-27(36-16-20-10-7-8-13-22(20)28)31-32(26)24(23)19-11-9-12-21(15-19)35-17(2)3/h7-13,15,17,24H,5-6,14,16H2,1-4H3,(H,29,30,31). The fourth-order valence-electron chi connectivity index (χ4n) is 3.94. The smallest absolute Gasteiger partial charge is 0.338 e. The lowest BCUT2D eigenvalue weighted by molar-refractivity contribution is -0.139. The maximum atomic E-state index is 13.3. The van der Waals surface area contributed by atoms with Crippen molar-refractivity contribution in [3.63, 3.8) is 0 Å². The number of carbonyl (C=O) groups excluding carboxylic acids is 1. The van der Waals surface area contributed by atoms with Gasteiger partial charge in [-0.1, -0.05) is 67.0 Å². The lowest BCUT2D eigenvalue weighted by Gasteiger charge is -2.28. The van der Waals surface area contributed by atoms with Crippen LogP contribution in [-0.4, -0.2) is 33.4 Å². The molecule has 0 amide bonds. The molecular formula is C27H31ClN4O3S. The number of fused-ring (bicyclic) bond motifs is 1. The van der Waals surface area contributed by atoms with Crippen LogP contribution in [0.5, 0.6) is 5.75 Å². The van der Waals surface area contributed by atoms with Crippen molar-refractivity contribution in [2.45, 2.75) is 63.6 Å². The van der Waals surface area contributed by atoms with Gasteiger partial charge in [0, 0.05) is 16.5 Å². The Morgan fingerprint density at radius 2 is 2.03 bits per heavy atom. The fraction of sp³-hybridized carbons (Fsp3) is 0.370. The molecule has 1 aliphatic heterocycles. The predicted molar refractivity (Wildman–Crippen MR) is 144 cm³/mol. The zero-order chi connectivity index (χ0) is 25.7. The van der Waals surface area contributed by atoms with E-state index in [1.54, 1.807) is 4.68 Å². The number of thioether (sulfide) groups is 1. The Morgan fingerprint density at radius 3 is 2.78 bits per heavy atom. The number of hydrogen-bond donors (Lipinski definition) is 1. The molecule has 0 bridgehead atoms. The third-order valence-electron chi connectivity index (χ3n) is 5.64. The number of benzene rings is 2. The van der Waals surface area contributed by atoms with Gasteiger partial charge in [0.15, 0.2) is 0 Å². The first-order valence-corrected chi connectivity index (χ1v) is 13.5. The van der Waals surface area contributed by atoms with Gasteiger partial charge in [-0.25, -0.2) is 9.48 Å². The van der Waals surface area contributed by atoms with Gasteiger partial charge in [0.2, 0.25) is 11.1 Å². The molecule has 2 heterocycles. The van der Waals surface area contributed by atoms with E-state index < -0.39 is 6.04 Å². The van der Waals surface area contributed by atoms with E-state index in [0.29, 0.717) is 39.8 Å². The maximum Gasteiger partial charge on any atom is 0.338 e. The molecule has 3 aromatic rings. The van der Waals surface area contributed by atoms with Crippen LogP contribution in [0.3, 0.4) is 0 Å². The van der Waals surface area contributed by atoms with Crippen LogP contribution in [0.2, 0.25) is 5.02 Å². The molecule has 2 aromatic carbocycles. The van der Waals surface area contributed by atoms with E-state index in [9.17, 15) is 4.79 Å². The van der Waals surface area contributed by atoms with Gasteiger partial charge in [-0.2, -0.15) is 4.98 Å². The third kappa shape index (κ3) is 6.05. The molecular weight excluding hydrogens is 496 g/mol. The summed E-state index contributed by atoms with van der Waals surface area (Å²) >= 11 is 7.82. The number of halogens is 1. The number of nitrogens with zero attached hydrogens (tertiary/aromatic N) is 3. The van der Waals surface area contributed by atoms with Crippen molar-refractivity contribution in [1.29, 1.82) is 0 Å². The zero-order valence-electron chi connectivity index (χ0n) is 21.0. The van der Waals surface area contributed by atoms with Gasteiger partial charge >= 0.3 is 5.97 Å². The maximum absolute atomic E-state index is 13.3. The molecule has 1 N–H and O–H groups in total. The SMILES string of the molecule is CCCCOC(=O)C1=C(C)Nc2nc(SCc3ccccc3Cl)nn2C1c1cccc(OC(C)C)c1. The van der Waals surface area contributed by atoms with E-state index in [1.807, 2.05) is 69.3 Å². The molecule has 9 heteroatoms. The monoisotopic (exact) mass is 526 g/mol. The Morgan fingerprint density at radius 1 is 1.22 bits per heavy atom. The van der Waals surface area contributed by atoms with Crippen molar-refractivity contribution >= 4 is 35.3 Å². The molecule has 1 aromatic heterocycles. The minimum atomic E-state index is -0.506. The lowest BCUT2D eigenvalue weighted by atomic mass is 9.95. The van der Waals surface area contributed by atoms with E-state index in [-0.39, 0.29) is 12.1 Å². The highest BCUT2D eigenvalue weighted by molar-refractivity contribution is 7.98. The van der Waals surface area contributed by atoms with Crippen LogP contribution in [0.1, 0.15) is 57.7 Å². The average molecular weight is 527 g/mol. The van der Waals surface area contributed by atoms with Crippen molar-refractivity contribution in [2.75, 3.05) is 11.9 Å². The largest absolute Gasteiger partial charge is 0.491 e. The van der Waals surface area contributed by atoms with Crippen molar-refractivity contribution in [2.24, 2.45) is 0 Å². The molecule has 1 aliphatic rings. The van der Waals surface area contributed by atoms with Gasteiger partial charge in [-0.3, -0.25) is 0 Å². The second kappa shape index (κ2) is 11.8. The summed E-state index contributed by atoms with van der Waals surface area (Å²) in [6, 6.07) is 15.0. The topological polar surface area (TPSA) is 78.3 Å². The average Bonchev–Trinajstić information content (AvgIpc) is 3.24. The molecule has 190 valence electrons. The minimum Gasteiger partial charge on any atom is -0.491 e. The number of aromatic nitrogens is 3. The molecule has 0 radical (unpaired) electrons. The summed E-state index contributed by atoms with van der Waals surface area (Å²) in [5, 5.41) is 9.34. The van der Waals surface area contributed by atoms with Gasteiger partial charge < -0.3 is 14.8 Å². The summed E-state index contributed by atoms with van der Waals surface area (Å²) in [5.74, 6) is 1.57. The lowest BCUT2D eigenvalue weighted by Crippen LogP contribution is -2.30. The number of nitrogens with one attached hydrogen (secondary N) is 1. The molecule has 0 saturated heterocycles. The van der Waals surface area contributed by atoms with Crippen molar-refractivity contribution < 1.29 is 14.3 Å². The molecule has 4 rings (SSSR count). The first kappa shape index (κ1) is 26.1. The van der Waals surface area contributed by atoms with Crippen LogP contribution in [0.15, 0.2) is 65.0 Å². The van der Waals surface area contributed by atoms with Crippen LogP contribution in [0, 0.1) is 0 Å². The van der Waals surface area contributed by atoms with Crippen molar-refractivity contribution in [1.82, 2.24) is 14.8 Å². The van der Waals surface area contributed by atoms with Crippen LogP contribution in [0.25, 0.3) is 0 Å². The van der Waals surface area contributed by atoms with Gasteiger partial charge in [0.25, 0.3) is 0 Å². The van der Waals surface area contributed by atoms with Crippen LogP contribution in [0.4, 0.5) is 5.95 Å². The minimum absolute atomic E-state index is 0.0266. The molecule has 0 fully saturated rings. The highest BCUT2D eigenvalue weighted by Crippen LogP contribution is 2.38. The quantitative estimate of drug-likeness (QED) is 0.180. The number of hydrogen-bond acceptors (Lipinski definition) is 7. The van der Waals surface area contributed by atoms with Crippen LogP contribution < -0.4 is 10.1 Å². The number of rotatable bonds is 10. The number of carbonyl (C=O) groups is 1. The van der Waals surface area contributed by atoms with Gasteiger partial charge in [0.1, 0.15) is 11.8 Å². The highest BCUT2D eigenvalue weighted by atomic mass is 35.5.